The van der Waals surface area contributed by atoms with Gasteiger partial charge in [-0.25, -0.2) is 0 Å². The molecule has 0 atom stereocenters. The molecule has 0 aliphatic heterocycles. The van der Waals surface area contributed by atoms with Crippen LogP contribution in [0.3, 0.4) is 0 Å². The Kier molecular flexibility index (Phi) is 4.05. The Balaban J connectivity index is 1.66. The molecule has 1 amide bonds. The van der Waals surface area contributed by atoms with Crippen LogP contribution in [0, 0.1) is 6.92 Å². The second-order valence-corrected chi connectivity index (χ2v) is 5.18. The molecule has 3 aromatic rings. The third-order valence-electron chi connectivity index (χ3n) is 3.44. The van der Waals surface area contributed by atoms with Crippen molar-refractivity contribution in [2.75, 3.05) is 11.9 Å². The van der Waals surface area contributed by atoms with E-state index in [0.717, 1.165) is 27.8 Å². The van der Waals surface area contributed by atoms with Gasteiger partial charge in [-0.1, -0.05) is 54.1 Å². The van der Waals surface area contributed by atoms with Crippen molar-refractivity contribution in [2.45, 2.75) is 6.92 Å². The molecular formula is C19H17NO2. The highest BCUT2D eigenvalue weighted by atomic mass is 16.5. The molecule has 0 aliphatic carbocycles. The van der Waals surface area contributed by atoms with E-state index in [1.54, 1.807) is 0 Å². The third-order valence-corrected chi connectivity index (χ3v) is 3.44. The van der Waals surface area contributed by atoms with Crippen LogP contribution in [0.4, 0.5) is 5.69 Å². The second-order valence-electron chi connectivity index (χ2n) is 5.18. The maximum atomic E-state index is 12.0. The van der Waals surface area contributed by atoms with E-state index in [1.165, 1.54) is 0 Å². The Morgan fingerprint density at radius 1 is 0.955 bits per heavy atom. The summed E-state index contributed by atoms with van der Waals surface area (Å²) in [5, 5.41) is 4.93. The maximum absolute atomic E-state index is 12.0. The molecule has 3 rings (SSSR count). The summed E-state index contributed by atoms with van der Waals surface area (Å²) in [5.41, 5.74) is 1.93. The van der Waals surface area contributed by atoms with Gasteiger partial charge < -0.3 is 10.1 Å². The quantitative estimate of drug-likeness (QED) is 0.783. The normalized spacial score (nSPS) is 10.4. The molecule has 0 saturated carbocycles. The first-order valence-electron chi connectivity index (χ1n) is 7.19. The largest absolute Gasteiger partial charge is 0.483 e. The van der Waals surface area contributed by atoms with E-state index < -0.39 is 0 Å². The summed E-state index contributed by atoms with van der Waals surface area (Å²) in [4.78, 5) is 12.0. The van der Waals surface area contributed by atoms with Gasteiger partial charge >= 0.3 is 0 Å². The van der Waals surface area contributed by atoms with Crippen LogP contribution in [0.5, 0.6) is 5.75 Å². The fourth-order valence-corrected chi connectivity index (χ4v) is 2.30. The predicted octanol–water partition coefficient (Wildman–Crippen LogP) is 4.17. The Morgan fingerprint density at radius 2 is 1.68 bits per heavy atom. The first-order valence-corrected chi connectivity index (χ1v) is 7.19. The van der Waals surface area contributed by atoms with Crippen LogP contribution in [0.2, 0.25) is 0 Å². The molecule has 0 saturated heterocycles. The maximum Gasteiger partial charge on any atom is 0.262 e. The van der Waals surface area contributed by atoms with Crippen LogP contribution < -0.4 is 10.1 Å². The minimum atomic E-state index is -0.170. The van der Waals surface area contributed by atoms with Gasteiger partial charge in [0.2, 0.25) is 0 Å². The number of hydrogen-bond acceptors (Lipinski definition) is 2. The number of carbonyl (C=O) groups excluding carboxylic acids is 1. The van der Waals surface area contributed by atoms with Crippen molar-refractivity contribution in [1.29, 1.82) is 0 Å². The predicted molar refractivity (Wildman–Crippen MR) is 89.3 cm³/mol. The molecule has 1 N–H and O–H groups in total. The molecule has 0 aromatic heterocycles. The van der Waals surface area contributed by atoms with Gasteiger partial charge in [0.1, 0.15) is 5.75 Å². The molecule has 0 heterocycles. The lowest BCUT2D eigenvalue weighted by Gasteiger charge is -2.10. The fourth-order valence-electron chi connectivity index (χ4n) is 2.30. The van der Waals surface area contributed by atoms with Crippen molar-refractivity contribution in [3.05, 3.63) is 72.3 Å². The Bertz CT molecular complexity index is 789. The number of nitrogens with one attached hydrogen (secondary N) is 1. The number of amides is 1. The van der Waals surface area contributed by atoms with E-state index in [-0.39, 0.29) is 12.5 Å². The van der Waals surface area contributed by atoms with Crippen molar-refractivity contribution in [2.24, 2.45) is 0 Å². The molecule has 0 spiro atoms. The monoisotopic (exact) mass is 291 g/mol. The Labute approximate surface area is 129 Å². The number of benzene rings is 3. The number of hydrogen-bond donors (Lipinski definition) is 1. The number of aryl methyl sites for hydroxylation is 1. The van der Waals surface area contributed by atoms with Crippen LogP contribution in [0.1, 0.15) is 5.56 Å². The highest BCUT2D eigenvalue weighted by Gasteiger charge is 2.06. The minimum absolute atomic E-state index is 0.0120. The molecule has 22 heavy (non-hydrogen) atoms. The highest BCUT2D eigenvalue weighted by molar-refractivity contribution is 5.93. The molecule has 0 fully saturated rings. The number of ether oxygens (including phenoxy) is 1. The summed E-state index contributed by atoms with van der Waals surface area (Å²) < 4.78 is 5.66. The molecular weight excluding hydrogens is 274 g/mol. The smallest absolute Gasteiger partial charge is 0.262 e. The van der Waals surface area contributed by atoms with Gasteiger partial charge in [-0.3, -0.25) is 4.79 Å². The average molecular weight is 291 g/mol. The van der Waals surface area contributed by atoms with Crippen LogP contribution in [0.15, 0.2) is 66.7 Å². The van der Waals surface area contributed by atoms with E-state index >= 15 is 0 Å². The van der Waals surface area contributed by atoms with Crippen LogP contribution >= 0.6 is 0 Å². The topological polar surface area (TPSA) is 38.3 Å². The fraction of sp³-hybridized carbons (Fsp3) is 0.105. The molecule has 3 nitrogen and oxygen atoms in total. The number of anilines is 1. The van der Waals surface area contributed by atoms with Gasteiger partial charge in [0.05, 0.1) is 0 Å². The molecule has 3 aromatic carbocycles. The van der Waals surface area contributed by atoms with Crippen molar-refractivity contribution < 1.29 is 9.53 Å². The standard InChI is InChI=1S/C19H17NO2/c1-14-9-11-16(12-10-14)20-19(21)13-22-18-8-4-6-15-5-2-3-7-17(15)18/h2-12H,13H2,1H3,(H,20,21). The molecule has 0 unspecified atom stereocenters. The number of carbonyl (C=O) groups is 1. The highest BCUT2D eigenvalue weighted by Crippen LogP contribution is 2.25. The molecule has 110 valence electrons. The SMILES string of the molecule is Cc1ccc(NC(=O)COc2cccc3ccccc23)cc1. The van der Waals surface area contributed by atoms with E-state index in [0.29, 0.717) is 0 Å². The zero-order valence-electron chi connectivity index (χ0n) is 12.4. The van der Waals surface area contributed by atoms with Crippen molar-refractivity contribution in [3.8, 4) is 5.75 Å². The van der Waals surface area contributed by atoms with Crippen LogP contribution in [0.25, 0.3) is 10.8 Å². The summed E-state index contributed by atoms with van der Waals surface area (Å²) >= 11 is 0. The summed E-state index contributed by atoms with van der Waals surface area (Å²) in [6.07, 6.45) is 0. The Hall–Kier alpha value is -2.81. The second kappa shape index (κ2) is 6.31. The van der Waals surface area contributed by atoms with E-state index in [4.69, 9.17) is 4.74 Å². The first-order chi connectivity index (χ1) is 10.7. The molecule has 0 bridgehead atoms. The molecule has 3 heteroatoms. The Morgan fingerprint density at radius 3 is 2.50 bits per heavy atom. The van der Waals surface area contributed by atoms with Gasteiger partial charge in [-0.15, -0.1) is 0 Å². The lowest BCUT2D eigenvalue weighted by Crippen LogP contribution is -2.20. The van der Waals surface area contributed by atoms with Gasteiger partial charge in [0.15, 0.2) is 6.61 Å². The van der Waals surface area contributed by atoms with Crippen LogP contribution in [-0.4, -0.2) is 12.5 Å². The zero-order valence-corrected chi connectivity index (χ0v) is 12.4. The van der Waals surface area contributed by atoms with E-state index in [1.807, 2.05) is 73.7 Å². The van der Waals surface area contributed by atoms with Crippen molar-refractivity contribution >= 4 is 22.4 Å². The minimum Gasteiger partial charge on any atom is -0.483 e. The molecule has 0 radical (unpaired) electrons. The summed E-state index contributed by atoms with van der Waals surface area (Å²) in [7, 11) is 0. The van der Waals surface area contributed by atoms with Gasteiger partial charge in [0.25, 0.3) is 5.91 Å². The molecule has 0 aliphatic rings. The van der Waals surface area contributed by atoms with Crippen molar-refractivity contribution in [1.82, 2.24) is 0 Å². The number of rotatable bonds is 4. The van der Waals surface area contributed by atoms with E-state index in [2.05, 4.69) is 5.32 Å². The van der Waals surface area contributed by atoms with Gasteiger partial charge in [-0.05, 0) is 30.5 Å². The van der Waals surface area contributed by atoms with Gasteiger partial charge in [-0.2, -0.15) is 0 Å². The summed E-state index contributed by atoms with van der Waals surface area (Å²) in [6, 6.07) is 21.5. The van der Waals surface area contributed by atoms with Crippen LogP contribution in [-0.2, 0) is 4.79 Å². The van der Waals surface area contributed by atoms with Gasteiger partial charge in [0, 0.05) is 11.1 Å². The average Bonchev–Trinajstić information content (AvgIpc) is 2.55. The van der Waals surface area contributed by atoms with E-state index in [9.17, 15) is 4.79 Å². The lowest BCUT2D eigenvalue weighted by atomic mass is 10.1. The van der Waals surface area contributed by atoms with Crippen molar-refractivity contribution in [3.63, 3.8) is 0 Å². The summed E-state index contributed by atoms with van der Waals surface area (Å²) in [6.45, 7) is 2.00. The third kappa shape index (κ3) is 3.26. The summed E-state index contributed by atoms with van der Waals surface area (Å²) in [5.74, 6) is 0.550. The number of fused-ring (bicyclic) bond motifs is 1. The first kappa shape index (κ1) is 14.1. The zero-order chi connectivity index (χ0) is 15.4. The lowest BCUT2D eigenvalue weighted by molar-refractivity contribution is -0.118.